The summed E-state index contributed by atoms with van der Waals surface area (Å²) in [5.41, 5.74) is 1.81. The highest BCUT2D eigenvalue weighted by atomic mass is 16.5. The topological polar surface area (TPSA) is 90.9 Å². The maximum atomic E-state index is 11.0. The summed E-state index contributed by atoms with van der Waals surface area (Å²) in [6.45, 7) is 14.1. The lowest BCUT2D eigenvalue weighted by molar-refractivity contribution is -0.144. The molecule has 0 saturated carbocycles. The number of piperazine rings is 1. The van der Waals surface area contributed by atoms with Crippen molar-refractivity contribution in [3.8, 4) is 0 Å². The molecule has 1 aromatic carbocycles. The average Bonchev–Trinajstić information content (AvgIpc) is 2.71. The molecule has 2 fully saturated rings. The fraction of sp³-hybridized carbons (Fsp3) is 0.583. The molecule has 0 amide bonds. The molecule has 2 saturated heterocycles. The zero-order valence-corrected chi connectivity index (χ0v) is 19.2. The van der Waals surface area contributed by atoms with Crippen molar-refractivity contribution >= 4 is 11.9 Å². The van der Waals surface area contributed by atoms with Gasteiger partial charge in [0.05, 0.1) is 0 Å². The fourth-order valence-electron chi connectivity index (χ4n) is 4.13. The van der Waals surface area contributed by atoms with Crippen molar-refractivity contribution < 1.29 is 19.4 Å². The van der Waals surface area contributed by atoms with Gasteiger partial charge in [-0.25, -0.2) is 9.59 Å². The Hall–Kier alpha value is -2.22. The summed E-state index contributed by atoms with van der Waals surface area (Å²) in [6.07, 6.45) is 3.20. The van der Waals surface area contributed by atoms with E-state index in [2.05, 4.69) is 73.6 Å². The molecule has 3 N–H and O–H groups in total. The predicted octanol–water partition coefficient (Wildman–Crippen LogP) is 2.57. The lowest BCUT2D eigenvalue weighted by Gasteiger charge is -2.53. The van der Waals surface area contributed by atoms with Crippen LogP contribution in [0.4, 0.5) is 0 Å². The molecule has 0 bridgehead atoms. The maximum Gasteiger partial charge on any atom is 0.331 e. The van der Waals surface area contributed by atoms with Crippen molar-refractivity contribution in [2.45, 2.75) is 64.3 Å². The number of esters is 1. The second-order valence-electron chi connectivity index (χ2n) is 9.36. The second-order valence-corrected chi connectivity index (χ2v) is 9.36. The molecule has 0 atom stereocenters. The van der Waals surface area contributed by atoms with Gasteiger partial charge in [0.1, 0.15) is 6.10 Å². The molecule has 2 aliphatic heterocycles. The van der Waals surface area contributed by atoms with Crippen molar-refractivity contribution in [2.75, 3.05) is 26.2 Å². The van der Waals surface area contributed by atoms with E-state index in [1.165, 1.54) is 5.56 Å². The highest BCUT2D eigenvalue weighted by Crippen LogP contribution is 2.30. The van der Waals surface area contributed by atoms with Gasteiger partial charge in [-0.1, -0.05) is 30.3 Å². The van der Waals surface area contributed by atoms with Gasteiger partial charge < -0.3 is 20.5 Å². The number of hydrogen-bond acceptors (Lipinski definition) is 6. The lowest BCUT2D eigenvalue weighted by Crippen LogP contribution is -2.67. The fourth-order valence-corrected chi connectivity index (χ4v) is 4.13. The smallest absolute Gasteiger partial charge is 0.331 e. The summed E-state index contributed by atoms with van der Waals surface area (Å²) in [5.74, 6) is -1.73. The van der Waals surface area contributed by atoms with Crippen LogP contribution in [0.5, 0.6) is 0 Å². The maximum absolute atomic E-state index is 11.0. The van der Waals surface area contributed by atoms with Crippen molar-refractivity contribution in [1.29, 1.82) is 0 Å². The Balaban J connectivity index is 0.000000225. The van der Waals surface area contributed by atoms with Crippen molar-refractivity contribution in [3.05, 3.63) is 48.0 Å². The SMILES string of the molecule is CC1(C)CNCC(C)(C)N1Cc1ccccc1.O=C(O)/C=C\C(=O)OC1CCNCC1. The number of nitrogens with one attached hydrogen (secondary N) is 2. The van der Waals surface area contributed by atoms with Crippen LogP contribution in [0.25, 0.3) is 0 Å². The highest BCUT2D eigenvalue weighted by molar-refractivity contribution is 5.90. The zero-order valence-electron chi connectivity index (χ0n) is 19.2. The van der Waals surface area contributed by atoms with Crippen LogP contribution in [0, 0.1) is 0 Å². The van der Waals surface area contributed by atoms with Crippen LogP contribution in [0.2, 0.25) is 0 Å². The molecular weight excluding hydrogens is 394 g/mol. The number of benzene rings is 1. The van der Waals surface area contributed by atoms with Gasteiger partial charge in [0, 0.05) is 42.9 Å². The van der Waals surface area contributed by atoms with Gasteiger partial charge in [-0.15, -0.1) is 0 Å². The van der Waals surface area contributed by atoms with E-state index >= 15 is 0 Å². The molecule has 0 radical (unpaired) electrons. The number of nitrogens with zero attached hydrogens (tertiary/aromatic N) is 1. The van der Waals surface area contributed by atoms with Crippen LogP contribution in [-0.4, -0.2) is 65.3 Å². The molecule has 31 heavy (non-hydrogen) atoms. The average molecular weight is 432 g/mol. The van der Waals surface area contributed by atoms with Crippen molar-refractivity contribution in [3.63, 3.8) is 0 Å². The molecule has 0 spiro atoms. The van der Waals surface area contributed by atoms with Crippen LogP contribution < -0.4 is 10.6 Å². The van der Waals surface area contributed by atoms with Crippen LogP contribution >= 0.6 is 0 Å². The zero-order chi connectivity index (χ0) is 22.9. The third-order valence-corrected chi connectivity index (χ3v) is 5.69. The van der Waals surface area contributed by atoms with E-state index in [1.807, 2.05) is 0 Å². The molecule has 7 heteroatoms. The summed E-state index contributed by atoms with van der Waals surface area (Å²) in [6, 6.07) is 10.8. The Morgan fingerprint density at radius 2 is 1.61 bits per heavy atom. The number of carbonyl (C=O) groups excluding carboxylic acids is 1. The number of carboxylic acids is 1. The number of rotatable bonds is 5. The number of aliphatic carboxylic acids is 1. The van der Waals surface area contributed by atoms with Gasteiger partial charge in [0.2, 0.25) is 0 Å². The summed E-state index contributed by atoms with van der Waals surface area (Å²) in [4.78, 5) is 23.7. The Bertz CT molecular complexity index is 724. The standard InChI is InChI=1S/C15H24N2.C9H13NO4/c1-14(2)11-16-12-15(3,4)17(14)10-13-8-6-5-7-9-13;11-8(12)1-2-9(13)14-7-3-5-10-6-4-7/h5-9,16H,10-12H2,1-4H3;1-2,7,10H,3-6H2,(H,11,12)/b;2-1-. The summed E-state index contributed by atoms with van der Waals surface area (Å²) in [7, 11) is 0. The first-order valence-corrected chi connectivity index (χ1v) is 10.9. The van der Waals surface area contributed by atoms with E-state index in [9.17, 15) is 9.59 Å². The van der Waals surface area contributed by atoms with Gasteiger partial charge in [-0.3, -0.25) is 4.90 Å². The van der Waals surface area contributed by atoms with Gasteiger partial charge in [-0.2, -0.15) is 0 Å². The van der Waals surface area contributed by atoms with Gasteiger partial charge in [0.15, 0.2) is 0 Å². The molecule has 0 aromatic heterocycles. The first-order chi connectivity index (χ1) is 14.6. The number of piperidine rings is 1. The minimum absolute atomic E-state index is 0.0813. The summed E-state index contributed by atoms with van der Waals surface area (Å²) >= 11 is 0. The lowest BCUT2D eigenvalue weighted by atomic mass is 9.88. The molecule has 2 aliphatic rings. The van der Waals surface area contributed by atoms with E-state index in [0.29, 0.717) is 0 Å². The number of hydrogen-bond donors (Lipinski definition) is 3. The van der Waals surface area contributed by atoms with E-state index in [-0.39, 0.29) is 17.2 Å². The largest absolute Gasteiger partial charge is 0.478 e. The predicted molar refractivity (Wildman–Crippen MR) is 122 cm³/mol. The van der Waals surface area contributed by atoms with E-state index < -0.39 is 11.9 Å². The van der Waals surface area contributed by atoms with Crippen LogP contribution in [0.3, 0.4) is 0 Å². The Morgan fingerprint density at radius 3 is 2.16 bits per heavy atom. The molecule has 3 rings (SSSR count). The molecule has 1 aromatic rings. The molecule has 7 nitrogen and oxygen atoms in total. The molecule has 172 valence electrons. The summed E-state index contributed by atoms with van der Waals surface area (Å²) < 4.78 is 5.01. The van der Waals surface area contributed by atoms with E-state index in [0.717, 1.165) is 57.7 Å². The Kier molecular flexibility index (Phi) is 9.22. The molecule has 2 heterocycles. The molecular formula is C24H37N3O4. The third kappa shape index (κ3) is 8.44. The van der Waals surface area contributed by atoms with Gasteiger partial charge in [0.25, 0.3) is 0 Å². The molecule has 0 aliphatic carbocycles. The Labute approximate surface area is 185 Å². The van der Waals surface area contributed by atoms with Gasteiger partial charge >= 0.3 is 11.9 Å². The highest BCUT2D eigenvalue weighted by Gasteiger charge is 2.40. The number of carbonyl (C=O) groups is 2. The van der Waals surface area contributed by atoms with Crippen LogP contribution in [-0.2, 0) is 20.9 Å². The normalized spacial score (nSPS) is 21.2. The second kappa shape index (κ2) is 11.4. The van der Waals surface area contributed by atoms with Gasteiger partial charge in [-0.05, 0) is 59.2 Å². The number of carboxylic acid groups (broad SMARTS) is 1. The number of ether oxygens (including phenoxy) is 1. The van der Waals surface area contributed by atoms with Crippen molar-refractivity contribution in [2.24, 2.45) is 0 Å². The minimum atomic E-state index is -1.15. The van der Waals surface area contributed by atoms with E-state index in [4.69, 9.17) is 9.84 Å². The Morgan fingerprint density at radius 1 is 1.03 bits per heavy atom. The minimum Gasteiger partial charge on any atom is -0.478 e. The molecule has 0 unspecified atom stereocenters. The quantitative estimate of drug-likeness (QED) is 0.488. The van der Waals surface area contributed by atoms with E-state index in [1.54, 1.807) is 0 Å². The van der Waals surface area contributed by atoms with Crippen LogP contribution in [0.1, 0.15) is 46.1 Å². The van der Waals surface area contributed by atoms with Crippen LogP contribution in [0.15, 0.2) is 42.5 Å². The monoisotopic (exact) mass is 431 g/mol. The first kappa shape index (κ1) is 25.0. The summed E-state index contributed by atoms with van der Waals surface area (Å²) in [5, 5.41) is 14.9. The third-order valence-electron chi connectivity index (χ3n) is 5.69. The van der Waals surface area contributed by atoms with Crippen molar-refractivity contribution in [1.82, 2.24) is 15.5 Å². The first-order valence-electron chi connectivity index (χ1n) is 10.9.